The van der Waals surface area contributed by atoms with E-state index in [0.29, 0.717) is 26.8 Å². The maximum absolute atomic E-state index is 13.8. The molecule has 0 aliphatic heterocycles. The van der Waals surface area contributed by atoms with Crippen LogP contribution in [0.1, 0.15) is 15.5 Å². The van der Waals surface area contributed by atoms with Gasteiger partial charge in [-0.1, -0.05) is 47.6 Å². The minimum atomic E-state index is -0.504. The number of hydrogen-bond donors (Lipinski definition) is 1. The number of carbonyl (C=O) groups excluding carboxylic acids is 1. The third kappa shape index (κ3) is 5.09. The third-order valence-corrected chi connectivity index (χ3v) is 7.19. The van der Waals surface area contributed by atoms with Gasteiger partial charge in [-0.05, 0) is 36.4 Å². The Hall–Kier alpha value is -3.60. The fourth-order valence-corrected chi connectivity index (χ4v) is 5.22. The number of pyridine rings is 1. The van der Waals surface area contributed by atoms with E-state index in [0.717, 1.165) is 11.3 Å². The Balaban J connectivity index is 1.38. The summed E-state index contributed by atoms with van der Waals surface area (Å²) in [5.41, 5.74) is 1.93. The fourth-order valence-electron chi connectivity index (χ4n) is 3.26. The van der Waals surface area contributed by atoms with Crippen LogP contribution in [0.4, 0.5) is 10.1 Å². The predicted octanol–water partition coefficient (Wildman–Crippen LogP) is 6.12. The first-order valence-corrected chi connectivity index (χ1v) is 12.6. The number of hydrogen-bond acceptors (Lipinski definition) is 7. The molecule has 1 N–H and O–H groups in total. The molecule has 0 unspecified atom stereocenters. The summed E-state index contributed by atoms with van der Waals surface area (Å²) in [5.74, 6) is 0.112. The molecule has 0 aliphatic rings. The molecule has 7 nitrogen and oxygen atoms in total. The summed E-state index contributed by atoms with van der Waals surface area (Å²) in [6.07, 6.45) is 3.38. The van der Waals surface area contributed by atoms with E-state index >= 15 is 0 Å². The van der Waals surface area contributed by atoms with Crippen molar-refractivity contribution in [2.24, 2.45) is 0 Å². The van der Waals surface area contributed by atoms with E-state index < -0.39 is 11.7 Å². The Morgan fingerprint density at radius 3 is 2.63 bits per heavy atom. The summed E-state index contributed by atoms with van der Waals surface area (Å²) >= 11 is 9.26. The zero-order valence-electron chi connectivity index (χ0n) is 17.9. The summed E-state index contributed by atoms with van der Waals surface area (Å²) in [6.45, 7) is 0. The molecule has 0 saturated carbocycles. The highest BCUT2D eigenvalue weighted by Gasteiger charge is 2.19. The zero-order chi connectivity index (χ0) is 24.2. The molecular weight excluding hydrogens is 507 g/mol. The molecule has 5 rings (SSSR count). The number of thioether (sulfide) groups is 1. The van der Waals surface area contributed by atoms with E-state index in [1.165, 1.54) is 35.2 Å². The highest BCUT2D eigenvalue weighted by Crippen LogP contribution is 2.33. The topological polar surface area (TPSA) is 85.6 Å². The normalized spacial score (nSPS) is 10.9. The molecule has 0 saturated heterocycles. The molecule has 3 heterocycles. The third-order valence-electron chi connectivity index (χ3n) is 4.90. The van der Waals surface area contributed by atoms with Crippen molar-refractivity contribution in [3.8, 4) is 17.1 Å². The van der Waals surface area contributed by atoms with Crippen LogP contribution < -0.4 is 5.32 Å². The number of anilines is 1. The van der Waals surface area contributed by atoms with Gasteiger partial charge in [0, 0.05) is 23.3 Å². The van der Waals surface area contributed by atoms with Crippen molar-refractivity contribution >= 4 is 46.3 Å². The van der Waals surface area contributed by atoms with Gasteiger partial charge in [0.2, 0.25) is 0 Å². The van der Waals surface area contributed by atoms with Gasteiger partial charge in [-0.2, -0.15) is 0 Å². The molecule has 35 heavy (non-hydrogen) atoms. The number of thiazole rings is 1. The Morgan fingerprint density at radius 1 is 1.06 bits per heavy atom. The molecular formula is C24H16ClFN6OS2. The number of amides is 1. The highest BCUT2D eigenvalue weighted by molar-refractivity contribution is 7.98. The summed E-state index contributed by atoms with van der Waals surface area (Å²) in [5, 5.41) is 14.9. The van der Waals surface area contributed by atoms with Gasteiger partial charge in [0.25, 0.3) is 5.91 Å². The smallest absolute Gasteiger partial charge is 0.275 e. The van der Waals surface area contributed by atoms with Gasteiger partial charge in [0.15, 0.2) is 11.0 Å². The SMILES string of the molecule is O=C(Nc1ccccc1F)c1csc(CSc2nnc(-c3ccncc3)n2-c2ccccc2Cl)n1. The maximum Gasteiger partial charge on any atom is 0.275 e. The molecule has 5 aromatic rings. The van der Waals surface area contributed by atoms with E-state index in [1.54, 1.807) is 29.9 Å². The van der Waals surface area contributed by atoms with Crippen molar-refractivity contribution in [1.82, 2.24) is 24.7 Å². The average Bonchev–Trinajstić information content (AvgIpc) is 3.52. The van der Waals surface area contributed by atoms with Crippen LogP contribution in [-0.2, 0) is 5.75 Å². The van der Waals surface area contributed by atoms with Crippen molar-refractivity contribution in [1.29, 1.82) is 0 Å². The number of halogens is 2. The maximum atomic E-state index is 13.8. The number of carbonyl (C=O) groups is 1. The van der Waals surface area contributed by atoms with E-state index in [-0.39, 0.29) is 11.4 Å². The molecule has 0 bridgehead atoms. The molecule has 1 amide bonds. The number of nitrogens with zero attached hydrogens (tertiary/aromatic N) is 5. The van der Waals surface area contributed by atoms with Crippen LogP contribution in [0.5, 0.6) is 0 Å². The second kappa shape index (κ2) is 10.3. The second-order valence-electron chi connectivity index (χ2n) is 7.18. The van der Waals surface area contributed by atoms with Gasteiger partial charge >= 0.3 is 0 Å². The Bertz CT molecular complexity index is 1490. The summed E-state index contributed by atoms with van der Waals surface area (Å²) in [6, 6.07) is 17.2. The van der Waals surface area contributed by atoms with Gasteiger partial charge in [0.05, 0.1) is 22.2 Å². The predicted molar refractivity (Wildman–Crippen MR) is 136 cm³/mol. The molecule has 0 spiro atoms. The van der Waals surface area contributed by atoms with E-state index in [4.69, 9.17) is 11.6 Å². The molecule has 174 valence electrons. The highest BCUT2D eigenvalue weighted by atomic mass is 35.5. The first-order chi connectivity index (χ1) is 17.1. The Morgan fingerprint density at radius 2 is 1.83 bits per heavy atom. The molecule has 0 fully saturated rings. The number of para-hydroxylation sites is 2. The second-order valence-corrected chi connectivity index (χ2v) is 9.47. The van der Waals surface area contributed by atoms with Crippen molar-refractivity contribution in [3.05, 3.63) is 100.0 Å². The van der Waals surface area contributed by atoms with Gasteiger partial charge in [-0.3, -0.25) is 14.3 Å². The number of aromatic nitrogens is 5. The number of benzene rings is 2. The van der Waals surface area contributed by atoms with Crippen LogP contribution in [0.25, 0.3) is 17.1 Å². The molecule has 11 heteroatoms. The minimum Gasteiger partial charge on any atom is -0.318 e. The lowest BCUT2D eigenvalue weighted by atomic mass is 10.2. The molecule has 0 radical (unpaired) electrons. The van der Waals surface area contributed by atoms with Crippen molar-refractivity contribution in [3.63, 3.8) is 0 Å². The van der Waals surface area contributed by atoms with Gasteiger partial charge in [0.1, 0.15) is 16.5 Å². The first kappa shape index (κ1) is 23.2. The van der Waals surface area contributed by atoms with Gasteiger partial charge in [-0.25, -0.2) is 9.37 Å². The van der Waals surface area contributed by atoms with Crippen LogP contribution in [0.15, 0.2) is 83.6 Å². The summed E-state index contributed by atoms with van der Waals surface area (Å²) < 4.78 is 15.7. The molecule has 2 aromatic carbocycles. The van der Waals surface area contributed by atoms with Crippen molar-refractivity contribution < 1.29 is 9.18 Å². The Labute approximate surface area is 213 Å². The van der Waals surface area contributed by atoms with Crippen LogP contribution in [0.2, 0.25) is 5.02 Å². The first-order valence-electron chi connectivity index (χ1n) is 10.3. The quantitative estimate of drug-likeness (QED) is 0.259. The Kier molecular flexibility index (Phi) is 6.84. The van der Waals surface area contributed by atoms with Crippen molar-refractivity contribution in [2.45, 2.75) is 10.9 Å². The minimum absolute atomic E-state index is 0.109. The van der Waals surface area contributed by atoms with Gasteiger partial charge < -0.3 is 5.32 Å². The largest absolute Gasteiger partial charge is 0.318 e. The molecule has 0 aliphatic carbocycles. The molecule has 0 atom stereocenters. The van der Waals surface area contributed by atoms with E-state index in [9.17, 15) is 9.18 Å². The summed E-state index contributed by atoms with van der Waals surface area (Å²) in [7, 11) is 0. The zero-order valence-corrected chi connectivity index (χ0v) is 20.3. The lowest BCUT2D eigenvalue weighted by Crippen LogP contribution is -2.13. The average molecular weight is 523 g/mol. The van der Waals surface area contributed by atoms with Crippen molar-refractivity contribution in [2.75, 3.05) is 5.32 Å². The monoisotopic (exact) mass is 522 g/mol. The van der Waals surface area contributed by atoms with Crippen LogP contribution in [0.3, 0.4) is 0 Å². The standard InChI is InChI=1S/C24H16ClFN6OS2/c25-16-5-1-4-8-20(16)32-22(15-9-11-27-12-10-15)30-31-24(32)35-14-21-28-19(13-34-21)23(33)29-18-7-3-2-6-17(18)26/h1-13H,14H2,(H,29,33). The van der Waals surface area contributed by atoms with E-state index in [2.05, 4.69) is 25.5 Å². The van der Waals surface area contributed by atoms with Crippen LogP contribution in [0, 0.1) is 5.82 Å². The fraction of sp³-hybridized carbons (Fsp3) is 0.0417. The van der Waals surface area contributed by atoms with Crippen LogP contribution >= 0.6 is 34.7 Å². The lowest BCUT2D eigenvalue weighted by Gasteiger charge is -2.11. The van der Waals surface area contributed by atoms with E-state index in [1.807, 2.05) is 41.0 Å². The molecule has 3 aromatic heterocycles. The number of nitrogens with one attached hydrogen (secondary N) is 1. The van der Waals surface area contributed by atoms with Crippen LogP contribution in [-0.4, -0.2) is 30.6 Å². The number of rotatable bonds is 7. The van der Waals surface area contributed by atoms with Gasteiger partial charge in [-0.15, -0.1) is 21.5 Å². The summed E-state index contributed by atoms with van der Waals surface area (Å²) in [4.78, 5) is 21.0. The lowest BCUT2D eigenvalue weighted by molar-refractivity contribution is 0.102.